The van der Waals surface area contributed by atoms with Crippen LogP contribution >= 0.6 is 35.1 Å². The lowest BCUT2D eigenvalue weighted by Crippen LogP contribution is -2.45. The Hall–Kier alpha value is -1.15. The number of sulfonamides is 1. The average molecular weight is 428 g/mol. The van der Waals surface area contributed by atoms with Gasteiger partial charge in [0.05, 0.1) is 21.1 Å². The number of nitrogens with zero attached hydrogens (tertiary/aromatic N) is 1. The van der Waals surface area contributed by atoms with Crippen LogP contribution in [-0.2, 0) is 10.0 Å². The first-order valence-electron chi connectivity index (χ1n) is 7.87. The Bertz CT molecular complexity index is 912. The lowest BCUT2D eigenvalue weighted by atomic mass is 9.93. The second kappa shape index (κ2) is 7.84. The van der Waals surface area contributed by atoms with Gasteiger partial charge in [0.25, 0.3) is 10.0 Å². The number of carbonyl (C=O) groups is 1. The summed E-state index contributed by atoms with van der Waals surface area (Å²) in [7, 11) is -3.79. The van der Waals surface area contributed by atoms with Crippen LogP contribution in [-0.4, -0.2) is 37.8 Å². The van der Waals surface area contributed by atoms with Crippen molar-refractivity contribution in [2.45, 2.75) is 9.48 Å². The highest BCUT2D eigenvalue weighted by molar-refractivity contribution is 8.16. The minimum absolute atomic E-state index is 0.00291. The number of halogens is 1. The van der Waals surface area contributed by atoms with Crippen LogP contribution in [0.2, 0.25) is 5.02 Å². The summed E-state index contributed by atoms with van der Waals surface area (Å²) in [6.07, 6.45) is 3.87. The Morgan fingerprint density at radius 3 is 2.31 bits per heavy atom. The first-order chi connectivity index (χ1) is 12.4. The molecule has 1 aliphatic rings. The molecule has 0 aliphatic carbocycles. The van der Waals surface area contributed by atoms with Gasteiger partial charge in [0, 0.05) is 17.1 Å². The van der Waals surface area contributed by atoms with Crippen molar-refractivity contribution >= 4 is 56.6 Å². The largest absolute Gasteiger partial charge is 0.294 e. The molecule has 0 aromatic heterocycles. The minimum Gasteiger partial charge on any atom is -0.294 e. The van der Waals surface area contributed by atoms with E-state index >= 15 is 0 Å². The van der Waals surface area contributed by atoms with E-state index in [0.717, 1.165) is 0 Å². The minimum atomic E-state index is -3.79. The highest BCUT2D eigenvalue weighted by atomic mass is 35.5. The molecule has 1 unspecified atom stereocenters. The van der Waals surface area contributed by atoms with Crippen LogP contribution in [0.5, 0.6) is 0 Å². The van der Waals surface area contributed by atoms with Crippen molar-refractivity contribution in [2.75, 3.05) is 23.4 Å². The monoisotopic (exact) mass is 427 g/mol. The molecule has 0 fully saturated rings. The average Bonchev–Trinajstić information content (AvgIpc) is 2.64. The van der Waals surface area contributed by atoms with Crippen LogP contribution in [0.3, 0.4) is 0 Å². The van der Waals surface area contributed by atoms with Crippen LogP contribution in [0.4, 0.5) is 5.69 Å². The van der Waals surface area contributed by atoms with Crippen molar-refractivity contribution in [2.24, 2.45) is 5.92 Å². The highest BCUT2D eigenvalue weighted by Crippen LogP contribution is 2.39. The molecule has 26 heavy (non-hydrogen) atoms. The van der Waals surface area contributed by atoms with Gasteiger partial charge in [0.15, 0.2) is 5.78 Å². The molecule has 0 saturated heterocycles. The van der Waals surface area contributed by atoms with E-state index in [0.29, 0.717) is 16.3 Å². The van der Waals surface area contributed by atoms with E-state index in [1.165, 1.54) is 16.4 Å². The molecule has 1 atom stereocenters. The van der Waals surface area contributed by atoms with Crippen molar-refractivity contribution in [3.8, 4) is 0 Å². The molecule has 0 spiro atoms. The summed E-state index contributed by atoms with van der Waals surface area (Å²) in [5.41, 5.74) is 0.888. The van der Waals surface area contributed by atoms with Gasteiger partial charge in [-0.25, -0.2) is 8.42 Å². The van der Waals surface area contributed by atoms with E-state index in [1.54, 1.807) is 59.9 Å². The van der Waals surface area contributed by atoms with Crippen molar-refractivity contribution < 1.29 is 13.2 Å². The number of fused-ring (bicyclic) bond motifs is 1. The summed E-state index contributed by atoms with van der Waals surface area (Å²) in [6, 6.07) is 13.0. The van der Waals surface area contributed by atoms with E-state index < -0.39 is 15.9 Å². The number of rotatable bonds is 5. The fourth-order valence-corrected chi connectivity index (χ4v) is 6.54. The first-order valence-corrected chi connectivity index (χ1v) is 12.3. The summed E-state index contributed by atoms with van der Waals surface area (Å²) in [5, 5.41) is 0.473. The molecule has 2 aromatic rings. The van der Waals surface area contributed by atoms with Crippen molar-refractivity contribution in [1.29, 1.82) is 0 Å². The third-order valence-electron chi connectivity index (χ3n) is 4.33. The van der Waals surface area contributed by atoms with E-state index in [2.05, 4.69) is 0 Å². The van der Waals surface area contributed by atoms with E-state index in [4.69, 9.17) is 11.6 Å². The molecule has 1 aliphatic heterocycles. The van der Waals surface area contributed by atoms with Crippen LogP contribution in [0, 0.1) is 5.92 Å². The molecule has 0 radical (unpaired) electrons. The lowest BCUT2D eigenvalue weighted by molar-refractivity contribution is 0.0928. The van der Waals surface area contributed by atoms with Crippen LogP contribution in [0.15, 0.2) is 53.4 Å². The van der Waals surface area contributed by atoms with Gasteiger partial charge in [-0.05, 0) is 48.9 Å². The van der Waals surface area contributed by atoms with Crippen LogP contribution in [0.25, 0.3) is 0 Å². The zero-order chi connectivity index (χ0) is 18.9. The van der Waals surface area contributed by atoms with Crippen LogP contribution in [0.1, 0.15) is 10.4 Å². The summed E-state index contributed by atoms with van der Waals surface area (Å²) >= 11 is 9.03. The zero-order valence-corrected chi connectivity index (χ0v) is 17.5. The number of para-hydroxylation sites is 1. The van der Waals surface area contributed by atoms with Gasteiger partial charge in [-0.15, -0.1) is 0 Å². The van der Waals surface area contributed by atoms with Crippen molar-refractivity contribution in [3.63, 3.8) is 0 Å². The van der Waals surface area contributed by atoms with E-state index in [1.807, 2.05) is 12.5 Å². The summed E-state index contributed by atoms with van der Waals surface area (Å²) in [4.78, 5) is 13.1. The molecular weight excluding hydrogens is 410 g/mol. The van der Waals surface area contributed by atoms with Gasteiger partial charge >= 0.3 is 0 Å². The molecule has 0 N–H and O–H groups in total. The van der Waals surface area contributed by atoms with Gasteiger partial charge in [-0.2, -0.15) is 23.5 Å². The van der Waals surface area contributed by atoms with Crippen molar-refractivity contribution in [1.82, 2.24) is 0 Å². The van der Waals surface area contributed by atoms with Gasteiger partial charge < -0.3 is 0 Å². The molecule has 8 heteroatoms. The number of anilines is 1. The number of thioether (sulfide) groups is 2. The van der Waals surface area contributed by atoms with Crippen molar-refractivity contribution in [3.05, 3.63) is 59.1 Å². The normalized spacial score (nSPS) is 17.5. The fourth-order valence-electron chi connectivity index (χ4n) is 3.05. The molecule has 0 bridgehead atoms. The Labute approximate surface area is 167 Å². The maximum Gasteiger partial charge on any atom is 0.264 e. The van der Waals surface area contributed by atoms with E-state index in [9.17, 15) is 13.2 Å². The van der Waals surface area contributed by atoms with Gasteiger partial charge in [-0.1, -0.05) is 23.7 Å². The maximum absolute atomic E-state index is 13.3. The molecule has 4 nitrogen and oxygen atoms in total. The number of benzene rings is 2. The predicted octanol–water partition coefficient (Wildman–Crippen LogP) is 4.40. The number of carbonyl (C=O) groups excluding carboxylic acids is 1. The fraction of sp³-hybridized carbons (Fsp3) is 0.278. The lowest BCUT2D eigenvalue weighted by Gasteiger charge is -2.36. The Kier molecular flexibility index (Phi) is 5.91. The first kappa shape index (κ1) is 19.6. The number of Topliss-reactive ketones (excluding diaryl/α,β-unsaturated/α-hetero) is 1. The molecule has 0 saturated carbocycles. The summed E-state index contributed by atoms with van der Waals surface area (Å²) in [5.74, 6) is -0.408. The SMILES string of the molecule is CSC(SC)C1CN(S(=O)(=O)c2ccc(Cl)cc2)c2ccccc2C1=O. The molecular formula is C18H18ClNO3S3. The third-order valence-corrected chi connectivity index (χ3v) is 9.12. The van der Waals surface area contributed by atoms with Gasteiger partial charge in [0.2, 0.25) is 0 Å². The van der Waals surface area contributed by atoms with Gasteiger partial charge in [0.1, 0.15) is 0 Å². The predicted molar refractivity (Wildman–Crippen MR) is 111 cm³/mol. The maximum atomic E-state index is 13.3. The number of hydrogen-bond donors (Lipinski definition) is 0. The Morgan fingerprint density at radius 2 is 1.69 bits per heavy atom. The standard InChI is InChI=1S/C18H18ClNO3S3/c1-24-18(25-2)15-11-20(16-6-4-3-5-14(16)17(15)21)26(22,23)13-9-7-12(19)8-10-13/h3-10,15,18H,11H2,1-2H3. The third kappa shape index (κ3) is 3.50. The molecule has 0 amide bonds. The molecule has 3 rings (SSSR count). The van der Waals surface area contributed by atoms with Crippen LogP contribution < -0.4 is 4.31 Å². The number of ketones is 1. The molecule has 138 valence electrons. The highest BCUT2D eigenvalue weighted by Gasteiger charge is 2.41. The summed E-state index contributed by atoms with van der Waals surface area (Å²) < 4.78 is 27.9. The van der Waals surface area contributed by atoms with Gasteiger partial charge in [-0.3, -0.25) is 9.10 Å². The second-order valence-corrected chi connectivity index (χ2v) is 10.4. The smallest absolute Gasteiger partial charge is 0.264 e. The molecule has 1 heterocycles. The number of hydrogen-bond acceptors (Lipinski definition) is 5. The zero-order valence-electron chi connectivity index (χ0n) is 14.3. The Balaban J connectivity index is 2.12. The quantitative estimate of drug-likeness (QED) is 0.662. The molecule has 2 aromatic carbocycles. The topological polar surface area (TPSA) is 54.5 Å². The second-order valence-electron chi connectivity index (χ2n) is 5.82. The summed E-state index contributed by atoms with van der Waals surface area (Å²) in [6.45, 7) is 0.132. The van der Waals surface area contributed by atoms with E-state index in [-0.39, 0.29) is 21.8 Å². The Morgan fingerprint density at radius 1 is 1.08 bits per heavy atom.